The number of amides is 2. The maximum atomic E-state index is 12.8. The summed E-state index contributed by atoms with van der Waals surface area (Å²) in [5, 5.41) is 5.93. The second-order valence-corrected chi connectivity index (χ2v) is 7.94. The molecule has 3 rings (SSSR count). The van der Waals surface area contributed by atoms with E-state index in [0.717, 1.165) is 36.1 Å². The molecule has 9 heteroatoms. The van der Waals surface area contributed by atoms with Gasteiger partial charge in [-0.05, 0) is 50.3 Å². The number of nitrogens with one attached hydrogen (secondary N) is 2. The Balaban J connectivity index is 1.76. The lowest BCUT2D eigenvalue weighted by molar-refractivity contribution is -0.123. The highest BCUT2D eigenvalue weighted by Gasteiger charge is 2.29. The van der Waals surface area contributed by atoms with Gasteiger partial charge in [0.15, 0.2) is 11.3 Å². The van der Waals surface area contributed by atoms with Crippen LogP contribution in [0.1, 0.15) is 47.5 Å². The van der Waals surface area contributed by atoms with Gasteiger partial charge in [0, 0.05) is 18.0 Å². The smallest absolute Gasteiger partial charge is 0.342 e. The maximum absolute atomic E-state index is 12.8. The van der Waals surface area contributed by atoms with Crippen LogP contribution >= 0.6 is 22.9 Å². The Kier molecular flexibility index (Phi) is 6.31. The van der Waals surface area contributed by atoms with Crippen molar-refractivity contribution in [2.75, 3.05) is 10.6 Å². The van der Waals surface area contributed by atoms with E-state index in [9.17, 15) is 14.4 Å². The summed E-state index contributed by atoms with van der Waals surface area (Å²) < 4.78 is 5.40. The molecule has 0 aliphatic heterocycles. The summed E-state index contributed by atoms with van der Waals surface area (Å²) in [4.78, 5) is 41.7. The number of fused-ring (bicyclic) bond motifs is 1. The molecule has 2 N–H and O–H groups in total. The molecule has 2 amide bonds. The number of nitrogens with zero attached hydrogens (tertiary/aromatic N) is 1. The molecule has 0 bridgehead atoms. The summed E-state index contributed by atoms with van der Waals surface area (Å²) >= 11 is 7.34. The molecule has 0 radical (unpaired) electrons. The van der Waals surface area contributed by atoms with Crippen LogP contribution in [0, 0.1) is 0 Å². The predicted octanol–water partition coefficient (Wildman–Crippen LogP) is 3.82. The van der Waals surface area contributed by atoms with E-state index in [2.05, 4.69) is 15.6 Å². The van der Waals surface area contributed by atoms with Crippen LogP contribution < -0.4 is 10.6 Å². The van der Waals surface area contributed by atoms with Gasteiger partial charge in [0.1, 0.15) is 5.00 Å². The number of carbonyl (C=O) groups is 3. The molecule has 0 fully saturated rings. The Bertz CT molecular complexity index is 928. The largest absolute Gasteiger partial charge is 0.449 e. The van der Waals surface area contributed by atoms with Crippen molar-refractivity contribution in [2.45, 2.75) is 45.6 Å². The molecule has 1 aliphatic carbocycles. The van der Waals surface area contributed by atoms with Crippen molar-refractivity contribution >= 4 is 51.4 Å². The Labute approximate surface area is 171 Å². The van der Waals surface area contributed by atoms with Gasteiger partial charge in [-0.2, -0.15) is 0 Å². The summed E-state index contributed by atoms with van der Waals surface area (Å²) in [7, 11) is 0. The molecule has 1 unspecified atom stereocenters. The van der Waals surface area contributed by atoms with E-state index in [1.165, 1.54) is 31.4 Å². The van der Waals surface area contributed by atoms with E-state index in [0.29, 0.717) is 16.3 Å². The first-order valence-electron chi connectivity index (χ1n) is 8.91. The number of ether oxygens (including phenoxy) is 1. The number of carbonyl (C=O) groups excluding carboxylic acids is 3. The van der Waals surface area contributed by atoms with Crippen molar-refractivity contribution in [3.8, 4) is 0 Å². The molecule has 0 spiro atoms. The molecule has 1 atom stereocenters. The molecule has 2 aromatic heterocycles. The fourth-order valence-electron chi connectivity index (χ4n) is 3.02. The SMILES string of the molecule is CC(=O)Nc1sc2c(c1C(=O)OC(C)C(=O)Nc1cccnc1Cl)CCCC2. The Hall–Kier alpha value is -2.45. The first-order chi connectivity index (χ1) is 13.4. The van der Waals surface area contributed by atoms with Gasteiger partial charge in [-0.25, -0.2) is 9.78 Å². The Morgan fingerprint density at radius 3 is 2.71 bits per heavy atom. The average Bonchev–Trinajstić information content (AvgIpc) is 3.00. The molecular formula is C19H20ClN3O4S. The summed E-state index contributed by atoms with van der Waals surface area (Å²) in [6, 6.07) is 3.24. The van der Waals surface area contributed by atoms with Crippen molar-refractivity contribution in [3.05, 3.63) is 39.5 Å². The van der Waals surface area contributed by atoms with Gasteiger partial charge in [0.05, 0.1) is 11.3 Å². The van der Waals surface area contributed by atoms with E-state index in [1.807, 2.05) is 0 Å². The molecule has 7 nitrogen and oxygen atoms in total. The number of halogens is 1. The molecule has 148 valence electrons. The standard InChI is InChI=1S/C19H20ClN3O4S/c1-10(17(25)23-13-7-5-9-21-16(13)20)27-19(26)15-12-6-3-4-8-14(12)28-18(15)22-11(2)24/h5,7,9-10H,3-4,6,8H2,1-2H3,(H,22,24)(H,23,25). The third-order valence-electron chi connectivity index (χ3n) is 4.33. The summed E-state index contributed by atoms with van der Waals surface area (Å²) in [6.45, 7) is 2.87. The van der Waals surface area contributed by atoms with Gasteiger partial charge in [0.2, 0.25) is 5.91 Å². The second kappa shape index (κ2) is 8.70. The lowest BCUT2D eigenvalue weighted by Crippen LogP contribution is -2.30. The fourth-order valence-corrected chi connectivity index (χ4v) is 4.51. The van der Waals surface area contributed by atoms with E-state index in [4.69, 9.17) is 16.3 Å². The zero-order chi connectivity index (χ0) is 20.3. The molecular weight excluding hydrogens is 402 g/mol. The van der Waals surface area contributed by atoms with Crippen molar-refractivity contribution in [2.24, 2.45) is 0 Å². The van der Waals surface area contributed by atoms with Crippen LogP contribution in [0.5, 0.6) is 0 Å². The number of esters is 1. The van der Waals surface area contributed by atoms with Crippen LogP contribution in [-0.2, 0) is 27.2 Å². The number of pyridine rings is 1. The van der Waals surface area contributed by atoms with Gasteiger partial charge in [-0.15, -0.1) is 11.3 Å². The maximum Gasteiger partial charge on any atom is 0.342 e. The number of anilines is 2. The third kappa shape index (κ3) is 4.51. The summed E-state index contributed by atoms with van der Waals surface area (Å²) in [6.07, 6.45) is 4.10. The van der Waals surface area contributed by atoms with E-state index in [-0.39, 0.29) is 11.1 Å². The van der Waals surface area contributed by atoms with Crippen molar-refractivity contribution < 1.29 is 19.1 Å². The first kappa shape index (κ1) is 20.3. The molecule has 0 saturated heterocycles. The minimum atomic E-state index is -1.05. The van der Waals surface area contributed by atoms with Crippen LogP contribution in [0.15, 0.2) is 18.3 Å². The fraction of sp³-hybridized carbons (Fsp3) is 0.368. The van der Waals surface area contributed by atoms with Gasteiger partial charge >= 0.3 is 5.97 Å². The first-order valence-corrected chi connectivity index (χ1v) is 10.1. The number of hydrogen-bond acceptors (Lipinski definition) is 6. The molecule has 2 heterocycles. The highest BCUT2D eigenvalue weighted by Crippen LogP contribution is 2.38. The minimum absolute atomic E-state index is 0.147. The normalized spacial score (nSPS) is 14.0. The lowest BCUT2D eigenvalue weighted by atomic mass is 9.95. The Morgan fingerprint density at radius 2 is 2.00 bits per heavy atom. The van der Waals surface area contributed by atoms with Crippen molar-refractivity contribution in [3.63, 3.8) is 0 Å². The number of hydrogen-bond donors (Lipinski definition) is 2. The third-order valence-corrected chi connectivity index (χ3v) is 5.84. The number of aromatic nitrogens is 1. The van der Waals surface area contributed by atoms with Crippen molar-refractivity contribution in [1.29, 1.82) is 0 Å². The van der Waals surface area contributed by atoms with Crippen LogP contribution in [0.2, 0.25) is 5.15 Å². The molecule has 0 saturated carbocycles. The second-order valence-electron chi connectivity index (χ2n) is 6.47. The Morgan fingerprint density at radius 1 is 1.25 bits per heavy atom. The molecule has 28 heavy (non-hydrogen) atoms. The van der Waals surface area contributed by atoms with Crippen molar-refractivity contribution in [1.82, 2.24) is 4.98 Å². The number of aryl methyl sites for hydroxylation is 1. The van der Waals surface area contributed by atoms with Gasteiger partial charge in [0.25, 0.3) is 5.91 Å². The number of thiophene rings is 1. The van der Waals surface area contributed by atoms with E-state index in [1.54, 1.807) is 12.1 Å². The average molecular weight is 422 g/mol. The van der Waals surface area contributed by atoms with Gasteiger partial charge in [-0.3, -0.25) is 9.59 Å². The predicted molar refractivity (Wildman–Crippen MR) is 108 cm³/mol. The van der Waals surface area contributed by atoms with Gasteiger partial charge < -0.3 is 15.4 Å². The summed E-state index contributed by atoms with van der Waals surface area (Å²) in [5.74, 6) is -1.40. The molecule has 0 aromatic carbocycles. The van der Waals surface area contributed by atoms with E-state index < -0.39 is 18.0 Å². The van der Waals surface area contributed by atoms with E-state index >= 15 is 0 Å². The minimum Gasteiger partial charge on any atom is -0.449 e. The highest BCUT2D eigenvalue weighted by molar-refractivity contribution is 7.17. The topological polar surface area (TPSA) is 97.4 Å². The lowest BCUT2D eigenvalue weighted by Gasteiger charge is -2.16. The zero-order valence-corrected chi connectivity index (χ0v) is 17.1. The molecule has 2 aromatic rings. The quantitative estimate of drug-likeness (QED) is 0.565. The monoisotopic (exact) mass is 421 g/mol. The molecule has 1 aliphatic rings. The van der Waals surface area contributed by atoms with Crippen LogP contribution in [0.25, 0.3) is 0 Å². The summed E-state index contributed by atoms with van der Waals surface area (Å²) in [5.41, 5.74) is 1.60. The van der Waals surface area contributed by atoms with Crippen LogP contribution in [0.3, 0.4) is 0 Å². The highest BCUT2D eigenvalue weighted by atomic mass is 35.5. The van der Waals surface area contributed by atoms with Crippen LogP contribution in [-0.4, -0.2) is 28.9 Å². The zero-order valence-electron chi connectivity index (χ0n) is 15.5. The number of rotatable bonds is 5. The van der Waals surface area contributed by atoms with Gasteiger partial charge in [-0.1, -0.05) is 11.6 Å². The van der Waals surface area contributed by atoms with Crippen LogP contribution in [0.4, 0.5) is 10.7 Å².